The fourth-order valence-electron chi connectivity index (χ4n) is 2.43. The highest BCUT2D eigenvalue weighted by Crippen LogP contribution is 2.23. The molecule has 1 N–H and O–H groups in total. The molecule has 1 unspecified atom stereocenters. The summed E-state index contributed by atoms with van der Waals surface area (Å²) in [5.74, 6) is 0.924. The molecule has 0 radical (unpaired) electrons. The van der Waals surface area contributed by atoms with Crippen LogP contribution in [0.3, 0.4) is 0 Å². The Morgan fingerprint density at radius 3 is 3.19 bits per heavy atom. The van der Waals surface area contributed by atoms with E-state index in [9.17, 15) is 0 Å². The second-order valence-electron chi connectivity index (χ2n) is 4.49. The molecule has 0 aliphatic carbocycles. The van der Waals surface area contributed by atoms with Gasteiger partial charge in [0.25, 0.3) is 0 Å². The van der Waals surface area contributed by atoms with E-state index in [2.05, 4.69) is 9.88 Å². The summed E-state index contributed by atoms with van der Waals surface area (Å²) >= 11 is 0. The van der Waals surface area contributed by atoms with Gasteiger partial charge >= 0.3 is 0 Å². The van der Waals surface area contributed by atoms with Crippen LogP contribution < -0.4 is 0 Å². The smallest absolute Gasteiger partial charge is 0.181 e. The first-order chi connectivity index (χ1) is 7.81. The van der Waals surface area contributed by atoms with Crippen LogP contribution in [0.5, 0.6) is 0 Å². The van der Waals surface area contributed by atoms with Crippen LogP contribution >= 0.6 is 0 Å². The van der Waals surface area contributed by atoms with Crippen LogP contribution in [0.25, 0.3) is 0 Å². The molecule has 1 saturated heterocycles. The summed E-state index contributed by atoms with van der Waals surface area (Å²) in [6.45, 7) is 4.29. The van der Waals surface area contributed by atoms with Crippen molar-refractivity contribution in [3.8, 4) is 0 Å². The van der Waals surface area contributed by atoms with Gasteiger partial charge in [-0.05, 0) is 39.2 Å². The number of hydrogen-bond donors (Lipinski definition) is 1. The van der Waals surface area contributed by atoms with Crippen LogP contribution in [0.4, 0.5) is 0 Å². The number of nitrogens with zero attached hydrogens (tertiary/aromatic N) is 2. The van der Waals surface area contributed by atoms with Gasteiger partial charge in [0.15, 0.2) is 6.39 Å². The topological polar surface area (TPSA) is 49.5 Å². The molecule has 16 heavy (non-hydrogen) atoms. The molecular formula is C12H20N2O2. The van der Waals surface area contributed by atoms with Gasteiger partial charge < -0.3 is 9.52 Å². The molecule has 1 aromatic heterocycles. The van der Waals surface area contributed by atoms with E-state index in [4.69, 9.17) is 9.52 Å². The Kier molecular flexibility index (Phi) is 3.96. The van der Waals surface area contributed by atoms with Crippen LogP contribution in [0.15, 0.2) is 10.8 Å². The molecule has 0 bridgehead atoms. The van der Waals surface area contributed by atoms with E-state index < -0.39 is 0 Å². The maximum absolute atomic E-state index is 8.87. The zero-order valence-electron chi connectivity index (χ0n) is 9.85. The van der Waals surface area contributed by atoms with E-state index in [1.54, 1.807) is 0 Å². The third-order valence-corrected chi connectivity index (χ3v) is 3.39. The SMILES string of the molecule is Cc1ocnc1CN1CCCC1CCCO. The fourth-order valence-corrected chi connectivity index (χ4v) is 2.43. The average molecular weight is 224 g/mol. The largest absolute Gasteiger partial charge is 0.448 e. The van der Waals surface area contributed by atoms with Crippen molar-refractivity contribution < 1.29 is 9.52 Å². The molecule has 1 aliphatic heterocycles. The van der Waals surface area contributed by atoms with Gasteiger partial charge in [0.05, 0.1) is 5.69 Å². The van der Waals surface area contributed by atoms with Crippen molar-refractivity contribution in [1.82, 2.24) is 9.88 Å². The van der Waals surface area contributed by atoms with E-state index >= 15 is 0 Å². The second-order valence-corrected chi connectivity index (χ2v) is 4.49. The van der Waals surface area contributed by atoms with Gasteiger partial charge in [-0.1, -0.05) is 0 Å². The summed E-state index contributed by atoms with van der Waals surface area (Å²) in [7, 11) is 0. The molecule has 90 valence electrons. The summed E-state index contributed by atoms with van der Waals surface area (Å²) < 4.78 is 5.21. The third kappa shape index (κ3) is 2.62. The van der Waals surface area contributed by atoms with Crippen molar-refractivity contribution in [2.24, 2.45) is 0 Å². The number of aliphatic hydroxyl groups is 1. The third-order valence-electron chi connectivity index (χ3n) is 3.39. The molecule has 2 rings (SSSR count). The highest BCUT2D eigenvalue weighted by atomic mass is 16.3. The predicted octanol–water partition coefficient (Wildman–Crippen LogP) is 1.72. The zero-order valence-corrected chi connectivity index (χ0v) is 9.85. The fraction of sp³-hybridized carbons (Fsp3) is 0.750. The summed E-state index contributed by atoms with van der Waals surface area (Å²) in [6.07, 6.45) is 6.01. The maximum Gasteiger partial charge on any atom is 0.181 e. The summed E-state index contributed by atoms with van der Waals surface area (Å²) in [4.78, 5) is 6.70. The minimum Gasteiger partial charge on any atom is -0.448 e. The summed E-state index contributed by atoms with van der Waals surface area (Å²) in [5.41, 5.74) is 1.05. The maximum atomic E-state index is 8.87. The van der Waals surface area contributed by atoms with Gasteiger partial charge in [-0.3, -0.25) is 4.90 Å². The lowest BCUT2D eigenvalue weighted by atomic mass is 10.1. The quantitative estimate of drug-likeness (QED) is 0.827. The molecule has 1 fully saturated rings. The highest BCUT2D eigenvalue weighted by molar-refractivity contribution is 5.05. The van der Waals surface area contributed by atoms with Crippen LogP contribution in [-0.2, 0) is 6.54 Å². The van der Waals surface area contributed by atoms with Gasteiger partial charge in [-0.25, -0.2) is 4.98 Å². The Hall–Kier alpha value is -0.870. The Bertz CT molecular complexity index is 325. The normalized spacial score (nSPS) is 21.8. The van der Waals surface area contributed by atoms with Crippen molar-refractivity contribution >= 4 is 0 Å². The van der Waals surface area contributed by atoms with Gasteiger partial charge in [0, 0.05) is 19.2 Å². The Balaban J connectivity index is 1.91. The monoisotopic (exact) mass is 224 g/mol. The molecule has 1 aromatic rings. The van der Waals surface area contributed by atoms with Gasteiger partial charge in [-0.15, -0.1) is 0 Å². The molecule has 0 spiro atoms. The molecule has 4 nitrogen and oxygen atoms in total. The first kappa shape index (κ1) is 11.6. The van der Waals surface area contributed by atoms with Crippen molar-refractivity contribution in [1.29, 1.82) is 0 Å². The number of oxazole rings is 1. The number of hydrogen-bond acceptors (Lipinski definition) is 4. The predicted molar refractivity (Wildman–Crippen MR) is 61.0 cm³/mol. The Morgan fingerprint density at radius 2 is 2.50 bits per heavy atom. The number of aryl methyl sites for hydroxylation is 1. The lowest BCUT2D eigenvalue weighted by Crippen LogP contribution is -2.29. The van der Waals surface area contributed by atoms with Gasteiger partial charge in [-0.2, -0.15) is 0 Å². The Labute approximate surface area is 96.3 Å². The van der Waals surface area contributed by atoms with Gasteiger partial charge in [0.1, 0.15) is 5.76 Å². The molecule has 0 saturated carbocycles. The number of likely N-dealkylation sites (tertiary alicyclic amines) is 1. The zero-order chi connectivity index (χ0) is 11.4. The van der Waals surface area contributed by atoms with Gasteiger partial charge in [0.2, 0.25) is 0 Å². The van der Waals surface area contributed by atoms with E-state index in [0.29, 0.717) is 12.6 Å². The van der Waals surface area contributed by atoms with E-state index in [1.165, 1.54) is 19.2 Å². The second kappa shape index (κ2) is 5.46. The van der Waals surface area contributed by atoms with Crippen LogP contribution in [0, 0.1) is 6.92 Å². The first-order valence-corrected chi connectivity index (χ1v) is 6.05. The van der Waals surface area contributed by atoms with Crippen molar-refractivity contribution in [2.75, 3.05) is 13.2 Å². The molecule has 4 heteroatoms. The average Bonchev–Trinajstić information content (AvgIpc) is 2.87. The van der Waals surface area contributed by atoms with Crippen molar-refractivity contribution in [3.05, 3.63) is 17.8 Å². The number of rotatable bonds is 5. The molecule has 0 aromatic carbocycles. The van der Waals surface area contributed by atoms with Crippen LogP contribution in [0.2, 0.25) is 0 Å². The summed E-state index contributed by atoms with van der Waals surface area (Å²) in [5, 5.41) is 8.87. The lowest BCUT2D eigenvalue weighted by Gasteiger charge is -2.23. The minimum absolute atomic E-state index is 0.299. The molecule has 1 atom stereocenters. The molecule has 1 aliphatic rings. The minimum atomic E-state index is 0.299. The molecule has 0 amide bonds. The first-order valence-electron chi connectivity index (χ1n) is 6.05. The molecule has 2 heterocycles. The lowest BCUT2D eigenvalue weighted by molar-refractivity contribution is 0.208. The molecular weight excluding hydrogens is 204 g/mol. The highest BCUT2D eigenvalue weighted by Gasteiger charge is 2.25. The number of aliphatic hydroxyl groups excluding tert-OH is 1. The number of aromatic nitrogens is 1. The standard InChI is InChI=1S/C12H20N2O2/c1-10-12(13-9-16-10)8-14-6-2-4-11(14)5-3-7-15/h9,11,15H,2-8H2,1H3. The van der Waals surface area contributed by atoms with E-state index in [1.807, 2.05) is 6.92 Å². The van der Waals surface area contributed by atoms with Crippen LogP contribution in [-0.4, -0.2) is 34.2 Å². The Morgan fingerprint density at radius 1 is 1.62 bits per heavy atom. The summed E-state index contributed by atoms with van der Waals surface area (Å²) in [6, 6.07) is 0.614. The van der Waals surface area contributed by atoms with Crippen LogP contribution in [0.1, 0.15) is 37.1 Å². The van der Waals surface area contributed by atoms with E-state index in [-0.39, 0.29) is 0 Å². The van der Waals surface area contributed by atoms with Crippen molar-refractivity contribution in [2.45, 2.75) is 45.2 Å². The van der Waals surface area contributed by atoms with E-state index in [0.717, 1.165) is 37.4 Å². The van der Waals surface area contributed by atoms with Crippen molar-refractivity contribution in [3.63, 3.8) is 0 Å².